The van der Waals surface area contributed by atoms with Crippen molar-refractivity contribution in [3.8, 4) is 0 Å². The van der Waals surface area contributed by atoms with Crippen LogP contribution in [0.2, 0.25) is 0 Å². The summed E-state index contributed by atoms with van der Waals surface area (Å²) in [5.41, 5.74) is 0.954. The molecule has 2 heterocycles. The molecule has 118 valence electrons. The first-order valence-corrected chi connectivity index (χ1v) is 7.88. The van der Waals surface area contributed by atoms with E-state index in [4.69, 9.17) is 9.47 Å². The van der Waals surface area contributed by atoms with Gasteiger partial charge in [-0.15, -0.1) is 0 Å². The Labute approximate surface area is 130 Å². The first-order chi connectivity index (χ1) is 10.7. The summed E-state index contributed by atoms with van der Waals surface area (Å²) < 4.78 is 10.8. The number of esters is 1. The fourth-order valence-electron chi connectivity index (χ4n) is 3.38. The van der Waals surface area contributed by atoms with E-state index >= 15 is 0 Å². The standard InChI is InChI=1S/C17H21NO4/c1-2-6-13-15-14(22-16(13)19)9-10-18(15)17(20)21-11-12-7-4-3-5-8-12/h3-5,7-8,13-15H,2,6,9-11H2,1H3/t13-,14-,15+/m1/s1. The van der Waals surface area contributed by atoms with E-state index in [1.54, 1.807) is 4.90 Å². The van der Waals surface area contributed by atoms with E-state index in [0.29, 0.717) is 13.0 Å². The summed E-state index contributed by atoms with van der Waals surface area (Å²) in [6.45, 7) is 2.88. The Kier molecular flexibility index (Phi) is 4.32. The van der Waals surface area contributed by atoms with E-state index in [9.17, 15) is 9.59 Å². The minimum atomic E-state index is -0.351. The number of hydrogen-bond acceptors (Lipinski definition) is 4. The Bertz CT molecular complexity index is 545. The van der Waals surface area contributed by atoms with Crippen LogP contribution in [0.25, 0.3) is 0 Å². The fourth-order valence-corrected chi connectivity index (χ4v) is 3.38. The molecule has 0 spiro atoms. The minimum absolute atomic E-state index is 0.157. The Morgan fingerprint density at radius 2 is 2.14 bits per heavy atom. The predicted molar refractivity (Wildman–Crippen MR) is 80.0 cm³/mol. The quantitative estimate of drug-likeness (QED) is 0.803. The third-order valence-corrected chi connectivity index (χ3v) is 4.42. The van der Waals surface area contributed by atoms with Crippen LogP contribution in [0.15, 0.2) is 30.3 Å². The average molecular weight is 303 g/mol. The highest BCUT2D eigenvalue weighted by molar-refractivity contribution is 5.78. The summed E-state index contributed by atoms with van der Waals surface area (Å²) in [4.78, 5) is 26.0. The van der Waals surface area contributed by atoms with Crippen molar-refractivity contribution in [2.45, 2.75) is 44.9 Å². The van der Waals surface area contributed by atoms with E-state index in [2.05, 4.69) is 0 Å². The molecule has 2 aliphatic rings. The Morgan fingerprint density at radius 1 is 1.36 bits per heavy atom. The monoisotopic (exact) mass is 303 g/mol. The van der Waals surface area contributed by atoms with Crippen LogP contribution in [0.3, 0.4) is 0 Å². The van der Waals surface area contributed by atoms with Crippen molar-refractivity contribution >= 4 is 12.1 Å². The Balaban J connectivity index is 1.64. The maximum atomic E-state index is 12.4. The van der Waals surface area contributed by atoms with Gasteiger partial charge in [0.2, 0.25) is 0 Å². The molecule has 0 radical (unpaired) electrons. The molecule has 1 aromatic rings. The Morgan fingerprint density at radius 3 is 2.86 bits per heavy atom. The van der Waals surface area contributed by atoms with Gasteiger partial charge in [-0.05, 0) is 12.0 Å². The van der Waals surface area contributed by atoms with Gasteiger partial charge in [0.05, 0.1) is 12.0 Å². The van der Waals surface area contributed by atoms with Crippen molar-refractivity contribution in [1.29, 1.82) is 0 Å². The zero-order valence-electron chi connectivity index (χ0n) is 12.7. The molecule has 5 nitrogen and oxygen atoms in total. The number of carbonyl (C=O) groups is 2. The van der Waals surface area contributed by atoms with Crippen molar-refractivity contribution in [2.24, 2.45) is 5.92 Å². The van der Waals surface area contributed by atoms with Crippen LogP contribution >= 0.6 is 0 Å². The second-order valence-electron chi connectivity index (χ2n) is 5.88. The first kappa shape index (κ1) is 14.9. The van der Waals surface area contributed by atoms with E-state index in [1.165, 1.54) is 0 Å². The smallest absolute Gasteiger partial charge is 0.410 e. The van der Waals surface area contributed by atoms with Gasteiger partial charge in [0.1, 0.15) is 12.7 Å². The summed E-state index contributed by atoms with van der Waals surface area (Å²) in [5, 5.41) is 0. The number of rotatable bonds is 4. The van der Waals surface area contributed by atoms with E-state index in [-0.39, 0.29) is 36.7 Å². The van der Waals surface area contributed by atoms with Crippen LogP contribution in [0.1, 0.15) is 31.7 Å². The highest BCUT2D eigenvalue weighted by Crippen LogP contribution is 2.36. The van der Waals surface area contributed by atoms with Crippen LogP contribution in [0, 0.1) is 5.92 Å². The summed E-state index contributed by atoms with van der Waals surface area (Å²) in [7, 11) is 0. The largest absolute Gasteiger partial charge is 0.460 e. The maximum Gasteiger partial charge on any atom is 0.410 e. The van der Waals surface area contributed by atoms with Crippen LogP contribution in [0.4, 0.5) is 4.79 Å². The number of carbonyl (C=O) groups excluding carboxylic acids is 2. The molecule has 0 unspecified atom stereocenters. The molecule has 2 aliphatic heterocycles. The third kappa shape index (κ3) is 2.80. The summed E-state index contributed by atoms with van der Waals surface area (Å²) in [5.74, 6) is -0.376. The molecule has 2 fully saturated rings. The molecule has 3 atom stereocenters. The topological polar surface area (TPSA) is 55.8 Å². The molecule has 22 heavy (non-hydrogen) atoms. The van der Waals surface area contributed by atoms with E-state index in [0.717, 1.165) is 18.4 Å². The number of benzene rings is 1. The predicted octanol–water partition coefficient (Wildman–Crippen LogP) is 2.74. The normalized spacial score (nSPS) is 26.7. The molecule has 1 aromatic carbocycles. The van der Waals surface area contributed by atoms with Crippen LogP contribution in [-0.4, -0.2) is 35.7 Å². The molecule has 2 saturated heterocycles. The molecular weight excluding hydrogens is 282 g/mol. The van der Waals surface area contributed by atoms with Gasteiger partial charge in [-0.25, -0.2) is 4.79 Å². The second-order valence-corrected chi connectivity index (χ2v) is 5.88. The molecular formula is C17H21NO4. The third-order valence-electron chi connectivity index (χ3n) is 4.42. The summed E-state index contributed by atoms with van der Waals surface area (Å²) >= 11 is 0. The van der Waals surface area contributed by atoms with Crippen LogP contribution < -0.4 is 0 Å². The van der Waals surface area contributed by atoms with Gasteiger partial charge < -0.3 is 14.4 Å². The first-order valence-electron chi connectivity index (χ1n) is 7.88. The second kappa shape index (κ2) is 6.38. The van der Waals surface area contributed by atoms with Gasteiger partial charge in [-0.3, -0.25) is 4.79 Å². The van der Waals surface area contributed by atoms with Gasteiger partial charge in [-0.2, -0.15) is 0 Å². The molecule has 0 N–H and O–H groups in total. The van der Waals surface area contributed by atoms with Crippen LogP contribution in [0.5, 0.6) is 0 Å². The van der Waals surface area contributed by atoms with Gasteiger partial charge in [0, 0.05) is 13.0 Å². The number of hydrogen-bond donors (Lipinski definition) is 0. The zero-order chi connectivity index (χ0) is 15.5. The number of nitrogens with zero attached hydrogens (tertiary/aromatic N) is 1. The highest BCUT2D eigenvalue weighted by Gasteiger charge is 2.52. The number of fused-ring (bicyclic) bond motifs is 1. The molecule has 0 aliphatic carbocycles. The molecule has 1 amide bonds. The van der Waals surface area contributed by atoms with Crippen LogP contribution in [-0.2, 0) is 20.9 Å². The molecule has 3 rings (SSSR count). The van der Waals surface area contributed by atoms with E-state index < -0.39 is 0 Å². The molecule has 0 aromatic heterocycles. The lowest BCUT2D eigenvalue weighted by Crippen LogP contribution is -2.42. The van der Waals surface area contributed by atoms with Crippen molar-refractivity contribution < 1.29 is 19.1 Å². The maximum absolute atomic E-state index is 12.4. The Hall–Kier alpha value is -2.04. The molecule has 0 saturated carbocycles. The number of amides is 1. The van der Waals surface area contributed by atoms with E-state index in [1.807, 2.05) is 37.3 Å². The van der Waals surface area contributed by atoms with Gasteiger partial charge in [-0.1, -0.05) is 43.7 Å². The lowest BCUT2D eigenvalue weighted by atomic mass is 9.94. The number of ether oxygens (including phenoxy) is 2. The summed E-state index contributed by atoms with van der Waals surface area (Å²) in [6.07, 6.45) is 1.85. The SMILES string of the molecule is CCC[C@H]1C(=O)O[C@@H]2CCN(C(=O)OCc3ccccc3)[C@H]21. The average Bonchev–Trinajstić information content (AvgIpc) is 3.06. The fraction of sp³-hybridized carbons (Fsp3) is 0.529. The number of likely N-dealkylation sites (tertiary alicyclic amines) is 1. The van der Waals surface area contributed by atoms with Crippen molar-refractivity contribution in [2.75, 3.05) is 6.54 Å². The molecule has 0 bridgehead atoms. The zero-order valence-corrected chi connectivity index (χ0v) is 12.7. The van der Waals surface area contributed by atoms with Crippen molar-refractivity contribution in [1.82, 2.24) is 4.90 Å². The minimum Gasteiger partial charge on any atom is -0.460 e. The van der Waals surface area contributed by atoms with Gasteiger partial charge in [0.15, 0.2) is 0 Å². The lowest BCUT2D eigenvalue weighted by molar-refractivity contribution is -0.144. The summed E-state index contributed by atoms with van der Waals surface area (Å²) in [6, 6.07) is 9.43. The van der Waals surface area contributed by atoms with Crippen molar-refractivity contribution in [3.05, 3.63) is 35.9 Å². The van der Waals surface area contributed by atoms with Gasteiger partial charge in [0.25, 0.3) is 0 Å². The molecule has 5 heteroatoms. The lowest BCUT2D eigenvalue weighted by Gasteiger charge is -2.25. The van der Waals surface area contributed by atoms with Gasteiger partial charge >= 0.3 is 12.1 Å². The van der Waals surface area contributed by atoms with Crippen molar-refractivity contribution in [3.63, 3.8) is 0 Å². The highest BCUT2D eigenvalue weighted by atomic mass is 16.6.